The van der Waals surface area contributed by atoms with Crippen LogP contribution in [-0.2, 0) is 23.1 Å². The van der Waals surface area contributed by atoms with E-state index in [1.165, 1.54) is 6.42 Å². The molecule has 3 aliphatic rings. The molecule has 3 fully saturated rings. The Labute approximate surface area is 196 Å². The highest BCUT2D eigenvalue weighted by molar-refractivity contribution is 14.0. The predicted molar refractivity (Wildman–Crippen MR) is 126 cm³/mol. The number of ether oxygens (including phenoxy) is 2. The minimum Gasteiger partial charge on any atom is -0.381 e. The zero-order valence-electron chi connectivity index (χ0n) is 18.3. The monoisotopic (exact) mass is 533 g/mol. The summed E-state index contributed by atoms with van der Waals surface area (Å²) in [7, 11) is 2.00. The number of nitrogens with zero attached hydrogens (tertiary/aromatic N) is 6. The van der Waals surface area contributed by atoms with Gasteiger partial charge < -0.3 is 24.3 Å². The summed E-state index contributed by atoms with van der Waals surface area (Å²) >= 11 is 0. The summed E-state index contributed by atoms with van der Waals surface area (Å²) in [5.74, 6) is 2.81. The predicted octanol–water partition coefficient (Wildman–Crippen LogP) is 1.02. The molecule has 10 heteroatoms. The van der Waals surface area contributed by atoms with E-state index in [0.29, 0.717) is 12.0 Å². The summed E-state index contributed by atoms with van der Waals surface area (Å²) in [6.45, 7) is 12.2. The molecule has 1 spiro atoms. The molecule has 4 rings (SSSR count). The Morgan fingerprint density at radius 1 is 1.13 bits per heavy atom. The largest absolute Gasteiger partial charge is 0.381 e. The van der Waals surface area contributed by atoms with Gasteiger partial charge in [0.05, 0.1) is 19.8 Å². The first kappa shape index (κ1) is 23.7. The van der Waals surface area contributed by atoms with Crippen LogP contribution in [0.4, 0.5) is 0 Å². The molecule has 0 aliphatic carbocycles. The molecule has 0 bridgehead atoms. The standard InChI is InChI=1S/C20H35N7O2.HI/c1-17-23-24-18(25(17)2)14-22-19(21-6-3-7-26-9-12-28-13-10-26)27-8-4-20(15-27)5-11-29-16-20;/h3-16H2,1-2H3,(H,21,22);1H. The van der Waals surface area contributed by atoms with E-state index in [1.54, 1.807) is 0 Å². The Kier molecular flexibility index (Phi) is 8.72. The van der Waals surface area contributed by atoms with Gasteiger partial charge in [-0.05, 0) is 32.7 Å². The molecule has 170 valence electrons. The van der Waals surface area contributed by atoms with Crippen LogP contribution >= 0.6 is 24.0 Å². The van der Waals surface area contributed by atoms with Crippen LogP contribution in [0, 0.1) is 12.3 Å². The van der Waals surface area contributed by atoms with Gasteiger partial charge in [0.2, 0.25) is 0 Å². The Bertz CT molecular complexity index is 699. The zero-order chi connectivity index (χ0) is 20.1. The molecule has 9 nitrogen and oxygen atoms in total. The lowest BCUT2D eigenvalue weighted by molar-refractivity contribution is 0.0375. The number of guanidine groups is 1. The van der Waals surface area contributed by atoms with Crippen molar-refractivity contribution in [3.63, 3.8) is 0 Å². The van der Waals surface area contributed by atoms with Crippen LogP contribution in [0.5, 0.6) is 0 Å². The lowest BCUT2D eigenvalue weighted by Gasteiger charge is -2.27. The second kappa shape index (κ2) is 11.1. The van der Waals surface area contributed by atoms with Crippen molar-refractivity contribution in [2.45, 2.75) is 32.7 Å². The van der Waals surface area contributed by atoms with Gasteiger partial charge >= 0.3 is 0 Å². The van der Waals surface area contributed by atoms with E-state index in [0.717, 1.165) is 96.1 Å². The summed E-state index contributed by atoms with van der Waals surface area (Å²) in [4.78, 5) is 9.81. The lowest BCUT2D eigenvalue weighted by atomic mass is 9.87. The third kappa shape index (κ3) is 5.83. The molecule has 3 aliphatic heterocycles. The zero-order valence-corrected chi connectivity index (χ0v) is 20.6. The first-order valence-corrected chi connectivity index (χ1v) is 10.9. The van der Waals surface area contributed by atoms with Crippen LogP contribution in [-0.4, -0.2) is 96.2 Å². The van der Waals surface area contributed by atoms with Gasteiger partial charge in [-0.15, -0.1) is 34.2 Å². The van der Waals surface area contributed by atoms with Gasteiger partial charge in [-0.3, -0.25) is 4.90 Å². The number of halogens is 1. The quantitative estimate of drug-likeness (QED) is 0.253. The van der Waals surface area contributed by atoms with Crippen molar-refractivity contribution in [3.05, 3.63) is 11.6 Å². The van der Waals surface area contributed by atoms with Gasteiger partial charge in [-0.25, -0.2) is 4.99 Å². The van der Waals surface area contributed by atoms with E-state index >= 15 is 0 Å². The Morgan fingerprint density at radius 2 is 1.97 bits per heavy atom. The number of aromatic nitrogens is 3. The first-order chi connectivity index (χ1) is 14.2. The third-order valence-electron chi connectivity index (χ3n) is 6.51. The fourth-order valence-electron chi connectivity index (χ4n) is 4.42. The highest BCUT2D eigenvalue weighted by Gasteiger charge is 2.42. The smallest absolute Gasteiger partial charge is 0.194 e. The number of aliphatic imine (C=N–C) groups is 1. The second-order valence-electron chi connectivity index (χ2n) is 8.57. The number of nitrogens with one attached hydrogen (secondary N) is 1. The van der Waals surface area contributed by atoms with Crippen molar-refractivity contribution in [1.29, 1.82) is 0 Å². The number of morpholine rings is 1. The van der Waals surface area contributed by atoms with Crippen LogP contribution in [0.3, 0.4) is 0 Å². The highest BCUT2D eigenvalue weighted by atomic mass is 127. The van der Waals surface area contributed by atoms with Gasteiger partial charge in [0.1, 0.15) is 12.4 Å². The maximum absolute atomic E-state index is 5.70. The van der Waals surface area contributed by atoms with Crippen LogP contribution in [0.1, 0.15) is 30.9 Å². The molecule has 1 unspecified atom stereocenters. The summed E-state index contributed by atoms with van der Waals surface area (Å²) in [6, 6.07) is 0. The van der Waals surface area contributed by atoms with Crippen molar-refractivity contribution in [2.75, 3.05) is 65.7 Å². The van der Waals surface area contributed by atoms with E-state index in [-0.39, 0.29) is 24.0 Å². The van der Waals surface area contributed by atoms with Crippen molar-refractivity contribution in [2.24, 2.45) is 17.5 Å². The van der Waals surface area contributed by atoms with Crippen molar-refractivity contribution in [1.82, 2.24) is 29.9 Å². The van der Waals surface area contributed by atoms with Gasteiger partial charge in [-0.2, -0.15) is 0 Å². The molecule has 30 heavy (non-hydrogen) atoms. The van der Waals surface area contributed by atoms with E-state index in [2.05, 4.69) is 25.3 Å². The molecule has 4 heterocycles. The normalized spacial score (nSPS) is 25.1. The molecule has 1 atom stereocenters. The topological polar surface area (TPSA) is 80.0 Å². The molecule has 0 amide bonds. The van der Waals surface area contributed by atoms with Crippen molar-refractivity contribution >= 4 is 29.9 Å². The molecular formula is C20H36IN7O2. The van der Waals surface area contributed by atoms with Gasteiger partial charge in [0.15, 0.2) is 11.8 Å². The Hall–Kier alpha value is -0.980. The fraction of sp³-hybridized carbons (Fsp3) is 0.850. The number of rotatable bonds is 6. The number of likely N-dealkylation sites (tertiary alicyclic amines) is 1. The Morgan fingerprint density at radius 3 is 2.67 bits per heavy atom. The number of hydrogen-bond donors (Lipinski definition) is 1. The second-order valence-corrected chi connectivity index (χ2v) is 8.57. The maximum Gasteiger partial charge on any atom is 0.194 e. The molecule has 1 aromatic heterocycles. The van der Waals surface area contributed by atoms with E-state index in [1.807, 2.05) is 18.5 Å². The van der Waals surface area contributed by atoms with E-state index in [4.69, 9.17) is 14.5 Å². The first-order valence-electron chi connectivity index (χ1n) is 10.9. The molecule has 0 radical (unpaired) electrons. The molecule has 1 N–H and O–H groups in total. The van der Waals surface area contributed by atoms with Crippen LogP contribution < -0.4 is 5.32 Å². The molecule has 0 aromatic carbocycles. The van der Waals surface area contributed by atoms with Crippen molar-refractivity contribution in [3.8, 4) is 0 Å². The summed E-state index contributed by atoms with van der Waals surface area (Å²) < 4.78 is 13.1. The number of hydrogen-bond acceptors (Lipinski definition) is 6. The third-order valence-corrected chi connectivity index (χ3v) is 6.51. The van der Waals surface area contributed by atoms with Crippen LogP contribution in [0.15, 0.2) is 4.99 Å². The molecule has 1 aromatic rings. The molecule has 0 saturated carbocycles. The summed E-state index contributed by atoms with van der Waals surface area (Å²) in [6.07, 6.45) is 3.45. The average Bonchev–Trinajstić information content (AvgIpc) is 3.46. The van der Waals surface area contributed by atoms with Gasteiger partial charge in [-0.1, -0.05) is 0 Å². The highest BCUT2D eigenvalue weighted by Crippen LogP contribution is 2.38. The van der Waals surface area contributed by atoms with Crippen LogP contribution in [0.25, 0.3) is 0 Å². The molecular weight excluding hydrogens is 497 g/mol. The van der Waals surface area contributed by atoms with Crippen LogP contribution in [0.2, 0.25) is 0 Å². The minimum absolute atomic E-state index is 0. The fourth-order valence-corrected chi connectivity index (χ4v) is 4.42. The SMILES string of the molecule is Cc1nnc(CN=C(NCCCN2CCOCC2)N2CCC3(CCOC3)C2)n1C.I. The molecule has 3 saturated heterocycles. The Balaban J connectivity index is 0.00000256. The van der Waals surface area contributed by atoms with Gasteiger partial charge in [0.25, 0.3) is 0 Å². The summed E-state index contributed by atoms with van der Waals surface area (Å²) in [5.41, 5.74) is 0.317. The maximum atomic E-state index is 5.70. The lowest BCUT2D eigenvalue weighted by Crippen LogP contribution is -2.43. The van der Waals surface area contributed by atoms with Gasteiger partial charge in [0, 0.05) is 51.8 Å². The van der Waals surface area contributed by atoms with E-state index < -0.39 is 0 Å². The van der Waals surface area contributed by atoms with E-state index in [9.17, 15) is 0 Å². The van der Waals surface area contributed by atoms with Crippen molar-refractivity contribution < 1.29 is 9.47 Å². The average molecular weight is 533 g/mol. The minimum atomic E-state index is 0. The summed E-state index contributed by atoms with van der Waals surface area (Å²) in [5, 5.41) is 12.0. The number of aryl methyl sites for hydroxylation is 1.